The van der Waals surface area contributed by atoms with Crippen molar-refractivity contribution in [2.75, 3.05) is 30.0 Å². The number of anilines is 1. The molecule has 244 valence electrons. The highest BCUT2D eigenvalue weighted by Gasteiger charge is 2.34. The Balaban J connectivity index is 1.23. The number of carbonyl (C=O) groups is 1. The molecule has 1 aliphatic heterocycles. The van der Waals surface area contributed by atoms with Crippen LogP contribution in [0, 0.1) is 17.1 Å². The van der Waals surface area contributed by atoms with Crippen LogP contribution in [0.1, 0.15) is 28.8 Å². The molecular formula is C38H35ClFN5O2S. The van der Waals surface area contributed by atoms with Gasteiger partial charge in [-0.3, -0.25) is 9.69 Å². The van der Waals surface area contributed by atoms with E-state index in [1.165, 1.54) is 12.1 Å². The topological polar surface area (TPSA) is 74.4 Å². The minimum atomic E-state index is -0.540. The maximum Gasteiger partial charge on any atom is 0.241 e. The van der Waals surface area contributed by atoms with Crippen molar-refractivity contribution in [3.8, 4) is 22.9 Å². The van der Waals surface area contributed by atoms with Gasteiger partial charge >= 0.3 is 0 Å². The number of rotatable bonds is 12. The summed E-state index contributed by atoms with van der Waals surface area (Å²) in [5.41, 5.74) is 5.37. The number of ether oxygens (including phenoxy) is 1. The fourth-order valence-corrected chi connectivity index (χ4v) is 6.68. The molecule has 0 N–H and O–H groups in total. The van der Waals surface area contributed by atoms with E-state index in [0.29, 0.717) is 31.3 Å². The van der Waals surface area contributed by atoms with Crippen LogP contribution in [-0.2, 0) is 24.5 Å². The van der Waals surface area contributed by atoms with Gasteiger partial charge in [0.1, 0.15) is 24.2 Å². The van der Waals surface area contributed by atoms with Crippen LogP contribution in [0.2, 0.25) is 5.02 Å². The first-order valence-electron chi connectivity index (χ1n) is 15.7. The van der Waals surface area contributed by atoms with Gasteiger partial charge in [-0.15, -0.1) is 0 Å². The van der Waals surface area contributed by atoms with E-state index in [1.54, 1.807) is 30.4 Å². The summed E-state index contributed by atoms with van der Waals surface area (Å²) in [4.78, 5) is 22.4. The number of hydrogen-bond donors (Lipinski definition) is 0. The van der Waals surface area contributed by atoms with Crippen LogP contribution in [0.25, 0.3) is 11.1 Å². The van der Waals surface area contributed by atoms with Gasteiger partial charge in [0.05, 0.1) is 29.8 Å². The highest BCUT2D eigenvalue weighted by atomic mass is 35.5. The Morgan fingerprint density at radius 1 is 1.02 bits per heavy atom. The number of imidazole rings is 1. The van der Waals surface area contributed by atoms with E-state index >= 15 is 0 Å². The SMILES string of the molecule is CSCC[C@H]1CN(c2cc(Cl)ccc2-c2cccc(OCc3ccccc3)c2)C(=O)CN1Cc1cncn1Cc1ccc(C#N)c(F)c1. The summed E-state index contributed by atoms with van der Waals surface area (Å²) < 4.78 is 22.4. The summed E-state index contributed by atoms with van der Waals surface area (Å²) in [6.07, 6.45) is 6.49. The number of piperazine rings is 1. The standard InChI is InChI=1S/C38H35ClFN5O2S/c1-48-15-14-32-23-45(38(46)24-43(32)22-33-20-42-26-44(33)21-28-10-11-30(19-41)36(40)16-28)37-18-31(39)12-13-35(37)29-8-5-9-34(17-29)47-25-27-6-3-2-4-7-27/h2-13,16-18,20,26,32H,14-15,21-25H2,1H3/t32-/m0/s1. The van der Waals surface area contributed by atoms with Crippen molar-refractivity contribution in [3.63, 3.8) is 0 Å². The summed E-state index contributed by atoms with van der Waals surface area (Å²) in [6, 6.07) is 30.2. The lowest BCUT2D eigenvalue weighted by atomic mass is 10.0. The molecule has 1 aromatic heterocycles. The zero-order valence-corrected chi connectivity index (χ0v) is 28.1. The Bertz CT molecular complexity index is 1930. The molecule has 1 atom stereocenters. The fourth-order valence-electron chi connectivity index (χ4n) is 6.00. The minimum absolute atomic E-state index is 0.0179. The van der Waals surface area contributed by atoms with Gasteiger partial charge in [0.2, 0.25) is 5.91 Å². The quantitative estimate of drug-likeness (QED) is 0.134. The average molecular weight is 680 g/mol. The number of halogens is 2. The van der Waals surface area contributed by atoms with Crippen molar-refractivity contribution in [1.29, 1.82) is 5.26 Å². The van der Waals surface area contributed by atoms with Gasteiger partial charge < -0.3 is 14.2 Å². The molecule has 0 aliphatic carbocycles. The molecule has 6 rings (SSSR count). The number of hydrogen-bond acceptors (Lipinski definition) is 6. The molecule has 7 nitrogen and oxygen atoms in total. The molecule has 4 aromatic carbocycles. The fraction of sp³-hybridized carbons (Fsp3) is 0.237. The third-order valence-corrected chi connectivity index (χ3v) is 9.40. The van der Waals surface area contributed by atoms with E-state index in [2.05, 4.69) is 16.1 Å². The van der Waals surface area contributed by atoms with E-state index < -0.39 is 5.82 Å². The molecular weight excluding hydrogens is 645 g/mol. The lowest BCUT2D eigenvalue weighted by Crippen LogP contribution is -2.56. The number of benzene rings is 4. The Morgan fingerprint density at radius 3 is 2.67 bits per heavy atom. The summed E-state index contributed by atoms with van der Waals surface area (Å²) in [7, 11) is 0. The highest BCUT2D eigenvalue weighted by Crippen LogP contribution is 2.37. The summed E-state index contributed by atoms with van der Waals surface area (Å²) in [5, 5.41) is 9.65. The van der Waals surface area contributed by atoms with Gasteiger partial charge in [-0.1, -0.05) is 66.2 Å². The predicted octanol–water partition coefficient (Wildman–Crippen LogP) is 7.81. The molecule has 1 saturated heterocycles. The van der Waals surface area contributed by atoms with Crippen molar-refractivity contribution in [3.05, 3.63) is 137 Å². The molecule has 0 bridgehead atoms. The van der Waals surface area contributed by atoms with Gasteiger partial charge in [-0.05, 0) is 71.5 Å². The smallest absolute Gasteiger partial charge is 0.241 e. The van der Waals surface area contributed by atoms with E-state index in [0.717, 1.165) is 51.6 Å². The summed E-state index contributed by atoms with van der Waals surface area (Å²) in [6.45, 7) is 2.11. The average Bonchev–Trinajstić information content (AvgIpc) is 3.53. The van der Waals surface area contributed by atoms with Crippen LogP contribution in [0.5, 0.6) is 5.75 Å². The number of nitriles is 1. The van der Waals surface area contributed by atoms with Gasteiger partial charge in [0.15, 0.2) is 0 Å². The Labute approximate surface area is 289 Å². The van der Waals surface area contributed by atoms with Gasteiger partial charge in [0.25, 0.3) is 0 Å². The molecule has 0 unspecified atom stereocenters. The Morgan fingerprint density at radius 2 is 1.88 bits per heavy atom. The summed E-state index contributed by atoms with van der Waals surface area (Å²) >= 11 is 8.33. The summed E-state index contributed by atoms with van der Waals surface area (Å²) in [5.74, 6) is 1.13. The molecule has 48 heavy (non-hydrogen) atoms. The van der Waals surface area contributed by atoms with Crippen LogP contribution in [-0.4, -0.2) is 51.5 Å². The molecule has 1 amide bonds. The van der Waals surface area contributed by atoms with E-state index in [4.69, 9.17) is 21.6 Å². The number of amides is 1. The highest BCUT2D eigenvalue weighted by molar-refractivity contribution is 7.98. The molecule has 10 heteroatoms. The first-order chi connectivity index (χ1) is 23.4. The second kappa shape index (κ2) is 15.5. The third kappa shape index (κ3) is 7.91. The second-order valence-electron chi connectivity index (χ2n) is 11.7. The van der Waals surface area contributed by atoms with E-state index in [-0.39, 0.29) is 24.1 Å². The van der Waals surface area contributed by atoms with Gasteiger partial charge in [-0.2, -0.15) is 17.0 Å². The minimum Gasteiger partial charge on any atom is -0.489 e. The van der Waals surface area contributed by atoms with E-state index in [9.17, 15) is 9.18 Å². The van der Waals surface area contributed by atoms with Crippen LogP contribution in [0.3, 0.4) is 0 Å². The third-order valence-electron chi connectivity index (χ3n) is 8.52. The molecule has 1 fully saturated rings. The first-order valence-corrected chi connectivity index (χ1v) is 17.5. The number of nitrogens with zero attached hydrogens (tertiary/aromatic N) is 5. The monoisotopic (exact) mass is 679 g/mol. The van der Waals surface area contributed by atoms with Crippen molar-refractivity contribution in [2.45, 2.75) is 32.2 Å². The van der Waals surface area contributed by atoms with Crippen LogP contribution in [0.4, 0.5) is 10.1 Å². The molecule has 0 radical (unpaired) electrons. The molecule has 0 saturated carbocycles. The zero-order valence-electron chi connectivity index (χ0n) is 26.6. The van der Waals surface area contributed by atoms with Crippen LogP contribution >= 0.6 is 23.4 Å². The van der Waals surface area contributed by atoms with Gasteiger partial charge in [0, 0.05) is 42.5 Å². The van der Waals surface area contributed by atoms with Crippen LogP contribution < -0.4 is 9.64 Å². The molecule has 2 heterocycles. The normalized spacial score (nSPS) is 15.0. The van der Waals surface area contributed by atoms with Crippen molar-refractivity contribution in [2.24, 2.45) is 0 Å². The lowest BCUT2D eigenvalue weighted by Gasteiger charge is -2.41. The van der Waals surface area contributed by atoms with Crippen molar-refractivity contribution >= 4 is 35.0 Å². The Kier molecular flexibility index (Phi) is 10.8. The van der Waals surface area contributed by atoms with Crippen molar-refractivity contribution < 1.29 is 13.9 Å². The number of aromatic nitrogens is 2. The first kappa shape index (κ1) is 33.3. The number of carbonyl (C=O) groups excluding carboxylic acids is 1. The van der Waals surface area contributed by atoms with Crippen LogP contribution in [0.15, 0.2) is 104 Å². The van der Waals surface area contributed by atoms with Crippen molar-refractivity contribution in [1.82, 2.24) is 14.5 Å². The molecule has 0 spiro atoms. The molecule has 1 aliphatic rings. The maximum atomic E-state index is 14.3. The zero-order chi connectivity index (χ0) is 33.5. The van der Waals surface area contributed by atoms with E-state index in [1.807, 2.05) is 88.3 Å². The maximum absolute atomic E-state index is 14.3. The predicted molar refractivity (Wildman–Crippen MR) is 190 cm³/mol. The largest absolute Gasteiger partial charge is 0.489 e. The lowest BCUT2D eigenvalue weighted by molar-refractivity contribution is -0.122. The second-order valence-corrected chi connectivity index (χ2v) is 13.2. The molecule has 5 aromatic rings. The Hall–Kier alpha value is -4.62. The van der Waals surface area contributed by atoms with Gasteiger partial charge in [-0.25, -0.2) is 9.37 Å². The number of thioether (sulfide) groups is 1.